The fourth-order valence-corrected chi connectivity index (χ4v) is 0. The van der Waals surface area contributed by atoms with Crippen molar-refractivity contribution in [1.82, 2.24) is 12.3 Å². The van der Waals surface area contributed by atoms with E-state index in [1.807, 2.05) is 0 Å². The SMILES string of the molecule is [F-].[F-].[F][Ge]([F])([F])[F].[NH4+].[NH4+]. The van der Waals surface area contributed by atoms with E-state index >= 15 is 0 Å². The van der Waals surface area contributed by atoms with Gasteiger partial charge >= 0.3 is 29.1 Å². The molecule has 0 saturated heterocycles. The Morgan fingerprint density at radius 2 is 0.667 bits per heavy atom. The molecule has 0 heterocycles. The molecule has 9 heteroatoms. The summed E-state index contributed by atoms with van der Waals surface area (Å²) in [6.45, 7) is 0. The van der Waals surface area contributed by atoms with Gasteiger partial charge in [0.25, 0.3) is 0 Å². The number of hydrogen-bond acceptors (Lipinski definition) is 0. The maximum absolute atomic E-state index is 9.88. The molecule has 64 valence electrons. The van der Waals surface area contributed by atoms with E-state index < -0.39 is 15.1 Å². The van der Waals surface area contributed by atoms with Crippen LogP contribution >= 0.6 is 0 Å². The van der Waals surface area contributed by atoms with Gasteiger partial charge in [0, 0.05) is 0 Å². The summed E-state index contributed by atoms with van der Waals surface area (Å²) in [5, 5.41) is 0. The summed E-state index contributed by atoms with van der Waals surface area (Å²) in [4.78, 5) is 0. The Bertz CT molecular complexity index is 26.5. The number of halogens is 6. The van der Waals surface area contributed by atoms with Crippen molar-refractivity contribution < 1.29 is 23.4 Å². The zero-order valence-corrected chi connectivity index (χ0v) is 6.87. The van der Waals surface area contributed by atoms with Gasteiger partial charge in [0.2, 0.25) is 0 Å². The summed E-state index contributed by atoms with van der Waals surface area (Å²) in [6.07, 6.45) is 0. The first-order chi connectivity index (χ1) is 2.00. The first kappa shape index (κ1) is 35.8. The van der Waals surface area contributed by atoms with Crippen LogP contribution in [0.25, 0.3) is 0 Å². The molecule has 9 heavy (non-hydrogen) atoms. The van der Waals surface area contributed by atoms with Crippen molar-refractivity contribution in [3.05, 3.63) is 0 Å². The van der Waals surface area contributed by atoms with Crippen molar-refractivity contribution in [2.45, 2.75) is 0 Å². The van der Waals surface area contributed by atoms with E-state index in [1.54, 1.807) is 0 Å². The van der Waals surface area contributed by atoms with Crippen LogP contribution < -0.4 is 21.7 Å². The van der Waals surface area contributed by atoms with E-state index in [0.29, 0.717) is 0 Å². The van der Waals surface area contributed by atoms with Crippen LogP contribution in [0.1, 0.15) is 0 Å². The Balaban J connectivity index is -0.0000000133. The van der Waals surface area contributed by atoms with Gasteiger partial charge in [0.15, 0.2) is 0 Å². The van der Waals surface area contributed by atoms with Gasteiger partial charge in [-0.15, -0.1) is 0 Å². The Morgan fingerprint density at radius 3 is 0.667 bits per heavy atom. The largest absolute Gasteiger partial charge is 0.369 e. The topological polar surface area (TPSA) is 73.0 Å². The Labute approximate surface area is 51.8 Å². The van der Waals surface area contributed by atoms with Gasteiger partial charge in [0.05, 0.1) is 0 Å². The van der Waals surface area contributed by atoms with Gasteiger partial charge in [0.1, 0.15) is 0 Å². The Hall–Kier alpha value is 0.0429. The molecule has 0 rings (SSSR count). The third-order valence-corrected chi connectivity index (χ3v) is 0. The summed E-state index contributed by atoms with van der Waals surface area (Å²) in [7, 11) is 0. The predicted molar refractivity (Wildman–Crippen MR) is 22.2 cm³/mol. The molecule has 0 bridgehead atoms. The zero-order valence-electron chi connectivity index (χ0n) is 4.77. The second kappa shape index (κ2) is 10.9. The van der Waals surface area contributed by atoms with E-state index in [4.69, 9.17) is 0 Å². The number of quaternary nitrogens is 2. The van der Waals surface area contributed by atoms with Crippen molar-refractivity contribution >= 4 is 15.1 Å². The first-order valence-electron chi connectivity index (χ1n) is 0.756. The van der Waals surface area contributed by atoms with Crippen molar-refractivity contribution in [3.8, 4) is 0 Å². The molecule has 8 N–H and O–H groups in total. The van der Waals surface area contributed by atoms with Crippen molar-refractivity contribution in [1.29, 1.82) is 0 Å². The summed E-state index contributed by atoms with van der Waals surface area (Å²) in [5.74, 6) is 0. The normalized spacial score (nSPS) is 6.67. The fourth-order valence-electron chi connectivity index (χ4n) is 0. The zero-order chi connectivity index (χ0) is 4.50. The molecule has 0 aliphatic heterocycles. The van der Waals surface area contributed by atoms with E-state index in [-0.39, 0.29) is 21.7 Å². The molecule has 0 fully saturated rings. The van der Waals surface area contributed by atoms with E-state index in [0.717, 1.165) is 0 Å². The van der Waals surface area contributed by atoms with Crippen LogP contribution in [0.4, 0.5) is 14.0 Å². The summed E-state index contributed by atoms with van der Waals surface area (Å²) >= 11 is -7.00. The molecule has 0 radical (unpaired) electrons. The fraction of sp³-hybridized carbons (Fsp3) is 0. The minimum Gasteiger partial charge on any atom is -0.369 e. The van der Waals surface area contributed by atoms with Gasteiger partial charge in [-0.05, 0) is 0 Å². The van der Waals surface area contributed by atoms with Gasteiger partial charge in [-0.1, -0.05) is 0 Å². The van der Waals surface area contributed by atoms with Crippen LogP contribution in [-0.4, -0.2) is 15.1 Å². The summed E-state index contributed by atoms with van der Waals surface area (Å²) < 4.78 is 39.5. The van der Waals surface area contributed by atoms with Gasteiger partial charge in [-0.3, -0.25) is 0 Å². The molecular formula is H8F6GeN2. The standard InChI is InChI=1S/F4Ge.2FH.2H3N/c1-5(2,3)4;;;;/h;2*1H;2*1H3. The monoisotopic (exact) mass is 224 g/mol. The van der Waals surface area contributed by atoms with Gasteiger partial charge < -0.3 is 21.7 Å². The smallest absolute Gasteiger partial charge is 0.369 e. The van der Waals surface area contributed by atoms with E-state index in [1.165, 1.54) is 0 Å². The van der Waals surface area contributed by atoms with Gasteiger partial charge in [-0.2, -0.15) is 0 Å². The van der Waals surface area contributed by atoms with Gasteiger partial charge in [-0.25, -0.2) is 0 Å². The van der Waals surface area contributed by atoms with E-state index in [9.17, 15) is 14.0 Å². The van der Waals surface area contributed by atoms with Crippen LogP contribution in [0.2, 0.25) is 0 Å². The molecule has 0 spiro atoms. The van der Waals surface area contributed by atoms with Crippen molar-refractivity contribution in [3.63, 3.8) is 0 Å². The first-order valence-corrected chi connectivity index (χ1v) is 3.93. The average molecular weight is 223 g/mol. The maximum atomic E-state index is 9.88. The van der Waals surface area contributed by atoms with Crippen LogP contribution in [0.3, 0.4) is 0 Å². The average Bonchev–Trinajstić information content (AvgIpc) is 0.722. The molecule has 0 unspecified atom stereocenters. The second-order valence-electron chi connectivity index (χ2n) is 0.429. The molecule has 0 aliphatic rings. The van der Waals surface area contributed by atoms with Crippen LogP contribution in [0.15, 0.2) is 0 Å². The minimum absolute atomic E-state index is 0. The van der Waals surface area contributed by atoms with Crippen LogP contribution in [0, 0.1) is 0 Å². The van der Waals surface area contributed by atoms with Crippen molar-refractivity contribution in [2.75, 3.05) is 0 Å². The molecule has 0 aromatic heterocycles. The second-order valence-corrected chi connectivity index (χ2v) is 2.23. The maximum Gasteiger partial charge on any atom is -0.369 e. The van der Waals surface area contributed by atoms with E-state index in [2.05, 4.69) is 0 Å². The van der Waals surface area contributed by atoms with Crippen molar-refractivity contribution in [2.24, 2.45) is 0 Å². The molecular weight excluding hydrogens is 215 g/mol. The number of hydrogen-bond donors (Lipinski definition) is 2. The molecule has 0 aromatic rings. The van der Waals surface area contributed by atoms with Crippen LogP contribution in [0.5, 0.6) is 0 Å². The number of rotatable bonds is 0. The summed E-state index contributed by atoms with van der Waals surface area (Å²) in [6, 6.07) is 0. The molecule has 0 amide bonds. The quantitative estimate of drug-likeness (QED) is 0.310. The summed E-state index contributed by atoms with van der Waals surface area (Å²) in [5.41, 5.74) is 0. The Kier molecular flexibility index (Phi) is 43.4. The Morgan fingerprint density at radius 1 is 0.667 bits per heavy atom. The predicted octanol–water partition coefficient (Wildman–Crippen LogP) is -3.94. The third-order valence-electron chi connectivity index (χ3n) is 0. The molecule has 2 nitrogen and oxygen atoms in total. The molecule has 0 saturated carbocycles. The van der Waals surface area contributed by atoms with Crippen LogP contribution in [-0.2, 0) is 0 Å². The molecule has 0 aliphatic carbocycles. The molecule has 0 aromatic carbocycles. The third kappa shape index (κ3) is 160000. The minimum atomic E-state index is -7.00. The molecule has 0 atom stereocenters.